The number of nitrogens with one attached hydrogen (secondary N) is 3. The highest BCUT2D eigenvalue weighted by atomic mass is 32.2. The van der Waals surface area contributed by atoms with Gasteiger partial charge in [-0.3, -0.25) is 9.89 Å². The zero-order chi connectivity index (χ0) is 46.7. The molecule has 0 fully saturated rings. The molecule has 348 valence electrons. The molecule has 5 rings (SSSR count). The Hall–Kier alpha value is -5.41. The van der Waals surface area contributed by atoms with E-state index in [-0.39, 0.29) is 45.1 Å². The minimum Gasteiger partial charge on any atom is -0.492 e. The second kappa shape index (κ2) is 22.0. The number of anilines is 1. The molecule has 64 heavy (non-hydrogen) atoms. The Kier molecular flexibility index (Phi) is 17.0. The number of carbonyl (C=O) groups excluding carboxylic acids is 2. The molecule has 1 amide bonds. The van der Waals surface area contributed by atoms with E-state index < -0.39 is 34.1 Å². The molecule has 3 aromatic carbocycles. The summed E-state index contributed by atoms with van der Waals surface area (Å²) < 4.78 is 56.1. The van der Waals surface area contributed by atoms with Crippen LogP contribution in [0.25, 0.3) is 5.65 Å². The van der Waals surface area contributed by atoms with E-state index in [4.69, 9.17) is 18.9 Å². The van der Waals surface area contributed by atoms with Crippen molar-refractivity contribution in [1.29, 1.82) is 0 Å². The number of ether oxygens (including phenoxy) is 4. The highest BCUT2D eigenvalue weighted by molar-refractivity contribution is 7.89. The lowest BCUT2D eigenvalue weighted by Gasteiger charge is -2.31. The maximum Gasteiger partial charge on any atom is 0.519 e. The number of H-pyrrole nitrogens is 1. The first-order valence-electron chi connectivity index (χ1n) is 22.7. The van der Waals surface area contributed by atoms with Crippen LogP contribution in [0.4, 0.5) is 10.5 Å². The molecule has 2 unspecified atom stereocenters. The van der Waals surface area contributed by atoms with Crippen molar-refractivity contribution in [3.63, 3.8) is 0 Å². The number of para-hydroxylation sites is 1. The van der Waals surface area contributed by atoms with Gasteiger partial charge in [0.1, 0.15) is 22.1 Å². The molecule has 0 aliphatic rings. The quantitative estimate of drug-likeness (QED) is 0.0307. The van der Waals surface area contributed by atoms with Crippen molar-refractivity contribution in [3.05, 3.63) is 89.4 Å². The van der Waals surface area contributed by atoms with Gasteiger partial charge in [0.2, 0.25) is 21.4 Å². The number of amides is 1. The number of aryl methyl sites for hydroxylation is 1. The first kappa shape index (κ1) is 49.6. The van der Waals surface area contributed by atoms with Gasteiger partial charge in [0.15, 0.2) is 11.9 Å². The molecule has 0 aliphatic heterocycles. The van der Waals surface area contributed by atoms with Crippen LogP contribution in [0.3, 0.4) is 0 Å². The van der Waals surface area contributed by atoms with Crippen molar-refractivity contribution in [2.24, 2.45) is 0 Å². The molecule has 3 N–H and O–H groups in total. The average Bonchev–Trinajstić information content (AvgIpc) is 3.82. The van der Waals surface area contributed by atoms with Crippen molar-refractivity contribution in [2.75, 3.05) is 18.5 Å². The fourth-order valence-corrected chi connectivity index (χ4v) is 8.43. The number of aromatic nitrogens is 4. The first-order valence-corrected chi connectivity index (χ1v) is 24.2. The number of benzene rings is 3. The first-order chi connectivity index (χ1) is 30.4. The predicted molar refractivity (Wildman–Crippen MR) is 250 cm³/mol. The lowest BCUT2D eigenvalue weighted by molar-refractivity contribution is -0.122. The van der Waals surface area contributed by atoms with Crippen LogP contribution in [0.5, 0.6) is 23.0 Å². The van der Waals surface area contributed by atoms with E-state index in [9.17, 15) is 18.0 Å². The van der Waals surface area contributed by atoms with Gasteiger partial charge >= 0.3 is 6.16 Å². The number of sulfonamides is 1. The Balaban J connectivity index is 1.35. The summed E-state index contributed by atoms with van der Waals surface area (Å²) in [6.45, 7) is 20.9. The van der Waals surface area contributed by atoms with Gasteiger partial charge in [-0.05, 0) is 85.4 Å². The number of unbranched alkanes of at least 4 members (excludes halogenated alkanes) is 5. The number of rotatable bonds is 24. The minimum atomic E-state index is -4.22. The Labute approximate surface area is 379 Å². The molecule has 2 atom stereocenters. The Bertz CT molecular complexity index is 2440. The number of hydrogen-bond acceptors (Lipinski definition) is 10. The van der Waals surface area contributed by atoms with E-state index in [0.29, 0.717) is 36.0 Å². The molecule has 2 aromatic heterocycles. The van der Waals surface area contributed by atoms with Crippen molar-refractivity contribution in [2.45, 2.75) is 155 Å². The van der Waals surface area contributed by atoms with Crippen molar-refractivity contribution in [3.8, 4) is 23.0 Å². The van der Waals surface area contributed by atoms with Crippen LogP contribution in [0.2, 0.25) is 0 Å². The van der Waals surface area contributed by atoms with Gasteiger partial charge in [-0.15, -0.1) is 10.2 Å². The summed E-state index contributed by atoms with van der Waals surface area (Å²) in [6, 6.07) is 19.4. The lowest BCUT2D eigenvalue weighted by atomic mass is 9.76. The van der Waals surface area contributed by atoms with Gasteiger partial charge in [-0.25, -0.2) is 22.4 Å². The van der Waals surface area contributed by atoms with E-state index in [0.717, 1.165) is 50.5 Å². The molecule has 5 aromatic rings. The minimum absolute atomic E-state index is 0.0282. The van der Waals surface area contributed by atoms with E-state index in [1.165, 1.54) is 18.1 Å². The smallest absolute Gasteiger partial charge is 0.492 e. The van der Waals surface area contributed by atoms with Crippen molar-refractivity contribution in [1.82, 2.24) is 24.5 Å². The topological polar surface area (TPSA) is 175 Å². The van der Waals surface area contributed by atoms with Crippen LogP contribution in [0, 0.1) is 6.92 Å². The van der Waals surface area contributed by atoms with Gasteiger partial charge in [-0.2, -0.15) is 0 Å². The normalized spacial score (nSPS) is 13.1. The third-order valence-electron chi connectivity index (χ3n) is 12.1. The van der Waals surface area contributed by atoms with Crippen LogP contribution in [0.1, 0.15) is 149 Å². The number of nitrogens with zero attached hydrogens (tertiary/aromatic N) is 3. The fraction of sp³-hybridized carbons (Fsp3) is 0.510. The lowest BCUT2D eigenvalue weighted by Crippen LogP contribution is -2.33. The molecular weight excluding hydrogens is 833 g/mol. The van der Waals surface area contributed by atoms with Crippen LogP contribution < -0.4 is 29.0 Å². The number of aromatic amines is 1. The van der Waals surface area contributed by atoms with E-state index >= 15 is 0 Å². The fourth-order valence-electron chi connectivity index (χ4n) is 7.13. The summed E-state index contributed by atoms with van der Waals surface area (Å²) in [5.74, 6) is 0.764. The summed E-state index contributed by atoms with van der Waals surface area (Å²) in [7, 11) is -4.22. The zero-order valence-electron chi connectivity index (χ0n) is 39.3. The Morgan fingerprint density at radius 1 is 0.828 bits per heavy atom. The highest BCUT2D eigenvalue weighted by Gasteiger charge is 2.30. The summed E-state index contributed by atoms with van der Waals surface area (Å²) in [6.07, 6.45) is 6.70. The zero-order valence-corrected chi connectivity index (χ0v) is 40.1. The molecule has 0 radical (unpaired) electrons. The van der Waals surface area contributed by atoms with Crippen LogP contribution in [-0.2, 0) is 25.6 Å². The van der Waals surface area contributed by atoms with Gasteiger partial charge in [0, 0.05) is 23.7 Å². The summed E-state index contributed by atoms with van der Waals surface area (Å²) >= 11 is 0. The Morgan fingerprint density at radius 3 is 2.20 bits per heavy atom. The second-order valence-electron chi connectivity index (χ2n) is 17.8. The Morgan fingerprint density at radius 2 is 1.52 bits per heavy atom. The molecule has 15 heteroatoms. The van der Waals surface area contributed by atoms with Crippen LogP contribution >= 0.6 is 0 Å². The molecule has 0 bridgehead atoms. The predicted octanol–water partition coefficient (Wildman–Crippen LogP) is 10.9. The third kappa shape index (κ3) is 12.4. The number of hydrogen-bond donors (Lipinski definition) is 3. The van der Waals surface area contributed by atoms with E-state index in [1.54, 1.807) is 60.8 Å². The average molecular weight is 901 g/mol. The molecule has 0 saturated carbocycles. The monoisotopic (exact) mass is 900 g/mol. The number of fused-ring (bicyclic) bond motifs is 1. The van der Waals surface area contributed by atoms with Gasteiger partial charge < -0.3 is 24.3 Å². The van der Waals surface area contributed by atoms with E-state index in [1.807, 2.05) is 13.0 Å². The highest BCUT2D eigenvalue weighted by Crippen LogP contribution is 2.39. The van der Waals surface area contributed by atoms with Gasteiger partial charge in [-0.1, -0.05) is 125 Å². The van der Waals surface area contributed by atoms with Gasteiger partial charge in [0.25, 0.3) is 5.91 Å². The van der Waals surface area contributed by atoms with Gasteiger partial charge in [0.05, 0.1) is 12.3 Å². The maximum absolute atomic E-state index is 14.2. The summed E-state index contributed by atoms with van der Waals surface area (Å²) in [4.78, 5) is 26.4. The maximum atomic E-state index is 14.2. The molecule has 0 saturated heterocycles. The standard InChI is InChI=1S/C49H68N6O8S/c1-11-15-16-17-18-22-29-60-41-28-26-36(51-46(56)39(12-2)62-40-27-25-35(48(7,8)13-3)30-38(40)49(9,10)14-4)31-42(41)64(58,59)50-32-33(5)44-52-53-45-43(34(6)54-55(44)45)63-47(57)61-37-23-20-19-21-24-37/h19-21,23-28,30-31,33,39,50,54H,11-18,22,29,32H2,1-10H3,(H,51,56). The summed E-state index contributed by atoms with van der Waals surface area (Å²) in [5, 5.41) is 14.5. The SMILES string of the molecule is CCCCCCCCOc1ccc(NC(=O)C(CC)Oc2ccc(C(C)(C)CC)cc2C(C)(C)CC)cc1S(=O)(=O)NCC(C)c1nnc2c(OC(=O)Oc3ccccc3)c(C)[nH]n12. The number of carbonyl (C=O) groups is 2. The van der Waals surface area contributed by atoms with Crippen LogP contribution in [-0.4, -0.2) is 59.5 Å². The third-order valence-corrected chi connectivity index (χ3v) is 13.6. The molecule has 14 nitrogen and oxygen atoms in total. The van der Waals surface area contributed by atoms with Crippen molar-refractivity contribution < 1.29 is 37.0 Å². The van der Waals surface area contributed by atoms with E-state index in [2.05, 4.69) is 85.9 Å². The molecule has 2 heterocycles. The van der Waals surface area contributed by atoms with Crippen molar-refractivity contribution >= 4 is 33.4 Å². The molecule has 0 spiro atoms. The largest absolute Gasteiger partial charge is 0.519 e. The van der Waals surface area contributed by atoms with Crippen LogP contribution in [0.15, 0.2) is 71.6 Å². The molecule has 0 aliphatic carbocycles. The summed E-state index contributed by atoms with van der Waals surface area (Å²) in [5.41, 5.74) is 3.02. The molecular formula is C49H68N6O8S. The second-order valence-corrected chi connectivity index (χ2v) is 19.5.